The number of nitrogens with zero attached hydrogens (tertiary/aromatic N) is 1. The topological polar surface area (TPSA) is 32.3 Å². The highest BCUT2D eigenvalue weighted by molar-refractivity contribution is 5.74. The molecule has 1 amide bonds. The Morgan fingerprint density at radius 2 is 2.00 bits per heavy atom. The van der Waals surface area contributed by atoms with Crippen molar-refractivity contribution in [2.75, 3.05) is 18.0 Å². The third-order valence-corrected chi connectivity index (χ3v) is 3.81. The molecule has 1 aliphatic carbocycles. The number of rotatable bonds is 2. The van der Waals surface area contributed by atoms with Gasteiger partial charge in [-0.15, -0.1) is 0 Å². The van der Waals surface area contributed by atoms with E-state index in [-0.39, 0.29) is 11.9 Å². The Morgan fingerprint density at radius 1 is 1.33 bits per heavy atom. The summed E-state index contributed by atoms with van der Waals surface area (Å²) in [7, 11) is 0. The summed E-state index contributed by atoms with van der Waals surface area (Å²) in [6.07, 6.45) is 0. The van der Waals surface area contributed by atoms with E-state index in [1.165, 1.54) is 19.1 Å². The Balaban J connectivity index is 1.67. The van der Waals surface area contributed by atoms with E-state index in [9.17, 15) is 13.6 Å². The summed E-state index contributed by atoms with van der Waals surface area (Å²) in [5, 5.41) is 2.90. The number of fused-ring (bicyclic) bond motifs is 1. The lowest BCUT2D eigenvalue weighted by atomic mass is 10.2. The van der Waals surface area contributed by atoms with E-state index >= 15 is 0 Å². The summed E-state index contributed by atoms with van der Waals surface area (Å²) >= 11 is 0. The van der Waals surface area contributed by atoms with Gasteiger partial charge < -0.3 is 10.2 Å². The molecule has 96 valence electrons. The van der Waals surface area contributed by atoms with Gasteiger partial charge in [0.05, 0.1) is 5.69 Å². The molecule has 2 aliphatic rings. The molecule has 3 rings (SSSR count). The molecule has 2 fully saturated rings. The lowest BCUT2D eigenvalue weighted by Crippen LogP contribution is -2.33. The third-order valence-electron chi connectivity index (χ3n) is 3.81. The van der Waals surface area contributed by atoms with Crippen molar-refractivity contribution >= 4 is 11.6 Å². The number of benzene rings is 1. The summed E-state index contributed by atoms with van der Waals surface area (Å²) in [5.74, 6) is -0.297. The predicted molar refractivity (Wildman–Crippen MR) is 63.2 cm³/mol. The first-order chi connectivity index (χ1) is 8.56. The van der Waals surface area contributed by atoms with Crippen LogP contribution in [0, 0.1) is 23.5 Å². The molecule has 1 N–H and O–H groups in total. The van der Waals surface area contributed by atoms with Crippen LogP contribution in [0.15, 0.2) is 18.2 Å². The van der Waals surface area contributed by atoms with Crippen LogP contribution in [0.1, 0.15) is 6.92 Å². The molecule has 1 saturated carbocycles. The minimum absolute atomic E-state index is 0.0195. The van der Waals surface area contributed by atoms with Crippen LogP contribution < -0.4 is 10.2 Å². The van der Waals surface area contributed by atoms with Crippen LogP contribution in [0.3, 0.4) is 0 Å². The van der Waals surface area contributed by atoms with E-state index in [0.29, 0.717) is 17.5 Å². The average Bonchev–Trinajstić information content (AvgIpc) is 2.73. The van der Waals surface area contributed by atoms with Crippen molar-refractivity contribution < 1.29 is 13.6 Å². The van der Waals surface area contributed by atoms with Gasteiger partial charge in [-0.3, -0.25) is 4.79 Å². The largest absolute Gasteiger partial charge is 0.368 e. The zero-order valence-electron chi connectivity index (χ0n) is 9.99. The normalized spacial score (nSPS) is 29.1. The smallest absolute Gasteiger partial charge is 0.217 e. The third kappa shape index (κ3) is 1.83. The number of piperidine rings is 1. The van der Waals surface area contributed by atoms with Crippen LogP contribution in [-0.2, 0) is 4.79 Å². The fourth-order valence-electron chi connectivity index (χ4n) is 2.91. The second kappa shape index (κ2) is 3.93. The molecular formula is C13H14F2N2O. The summed E-state index contributed by atoms with van der Waals surface area (Å²) in [6.45, 7) is 2.95. The first kappa shape index (κ1) is 11.4. The van der Waals surface area contributed by atoms with Crippen LogP contribution in [-0.4, -0.2) is 25.0 Å². The minimum Gasteiger partial charge on any atom is -0.368 e. The number of hydrogen-bond acceptors (Lipinski definition) is 2. The molecule has 1 saturated heterocycles. The fourth-order valence-corrected chi connectivity index (χ4v) is 2.91. The van der Waals surface area contributed by atoms with Crippen LogP contribution in [0.4, 0.5) is 14.5 Å². The number of carbonyl (C=O) groups excluding carboxylic acids is 1. The number of hydrogen-bond donors (Lipinski definition) is 1. The molecule has 5 heteroatoms. The number of carbonyl (C=O) groups is 1. The zero-order chi connectivity index (χ0) is 12.9. The molecule has 1 heterocycles. The highest BCUT2D eigenvalue weighted by atomic mass is 19.1. The van der Waals surface area contributed by atoms with Crippen molar-refractivity contribution in [1.29, 1.82) is 0 Å². The highest BCUT2D eigenvalue weighted by Gasteiger charge is 2.56. The number of halogens is 2. The Hall–Kier alpha value is -1.65. The first-order valence-electron chi connectivity index (χ1n) is 6.03. The van der Waals surface area contributed by atoms with Gasteiger partial charge >= 0.3 is 0 Å². The quantitative estimate of drug-likeness (QED) is 0.866. The molecule has 3 nitrogen and oxygen atoms in total. The summed E-state index contributed by atoms with van der Waals surface area (Å²) < 4.78 is 26.4. The molecule has 0 aromatic heterocycles. The Labute approximate surface area is 104 Å². The molecule has 2 atom stereocenters. The standard InChI is InChI=1S/C13H14F2N2O/c1-7(18)16-13-9-5-17(6-10(9)13)12-3-2-8(14)4-11(12)15/h2-4,9-10,13H,5-6H2,1H3,(H,16,18). The second-order valence-electron chi connectivity index (χ2n) is 5.05. The molecule has 18 heavy (non-hydrogen) atoms. The maximum Gasteiger partial charge on any atom is 0.217 e. The molecular weight excluding hydrogens is 238 g/mol. The van der Waals surface area contributed by atoms with Crippen LogP contribution >= 0.6 is 0 Å². The SMILES string of the molecule is CC(=O)NC1C2CN(c3ccc(F)cc3F)CC21. The van der Waals surface area contributed by atoms with Crippen LogP contribution in [0.25, 0.3) is 0 Å². The monoisotopic (exact) mass is 252 g/mol. The molecule has 1 aromatic rings. The summed E-state index contributed by atoms with van der Waals surface area (Å²) in [6, 6.07) is 3.89. The van der Waals surface area contributed by atoms with Gasteiger partial charge in [-0.2, -0.15) is 0 Å². The second-order valence-corrected chi connectivity index (χ2v) is 5.05. The molecule has 0 radical (unpaired) electrons. The Bertz CT molecular complexity index is 494. The van der Waals surface area contributed by atoms with Crippen molar-refractivity contribution in [3.63, 3.8) is 0 Å². The van der Waals surface area contributed by atoms with E-state index in [4.69, 9.17) is 0 Å². The Morgan fingerprint density at radius 3 is 2.56 bits per heavy atom. The van der Waals surface area contributed by atoms with Crippen LogP contribution in [0.2, 0.25) is 0 Å². The van der Waals surface area contributed by atoms with Gasteiger partial charge in [0.25, 0.3) is 0 Å². The van der Waals surface area contributed by atoms with Crippen molar-refractivity contribution in [3.05, 3.63) is 29.8 Å². The van der Waals surface area contributed by atoms with Crippen molar-refractivity contribution in [1.82, 2.24) is 5.32 Å². The van der Waals surface area contributed by atoms with Gasteiger partial charge in [-0.25, -0.2) is 8.78 Å². The minimum atomic E-state index is -0.559. The van der Waals surface area contributed by atoms with Gasteiger partial charge in [-0.1, -0.05) is 0 Å². The molecule has 0 bridgehead atoms. The lowest BCUT2D eigenvalue weighted by Gasteiger charge is -2.22. The molecule has 1 aliphatic heterocycles. The molecule has 1 aromatic carbocycles. The number of nitrogens with one attached hydrogen (secondary N) is 1. The van der Waals surface area contributed by atoms with Gasteiger partial charge in [-0.05, 0) is 12.1 Å². The number of anilines is 1. The van der Waals surface area contributed by atoms with E-state index in [1.807, 2.05) is 4.90 Å². The first-order valence-corrected chi connectivity index (χ1v) is 6.03. The van der Waals surface area contributed by atoms with Crippen molar-refractivity contribution in [3.8, 4) is 0 Å². The van der Waals surface area contributed by atoms with Crippen molar-refractivity contribution in [2.24, 2.45) is 11.8 Å². The summed E-state index contributed by atoms with van der Waals surface area (Å²) in [4.78, 5) is 12.9. The maximum absolute atomic E-state index is 13.6. The number of amides is 1. The molecule has 0 spiro atoms. The molecule has 2 unspecified atom stereocenters. The van der Waals surface area contributed by atoms with Gasteiger partial charge in [0.15, 0.2) is 0 Å². The van der Waals surface area contributed by atoms with Gasteiger partial charge in [0.2, 0.25) is 5.91 Å². The Kier molecular flexibility index (Phi) is 2.50. The van der Waals surface area contributed by atoms with Crippen molar-refractivity contribution in [2.45, 2.75) is 13.0 Å². The van der Waals surface area contributed by atoms with E-state index in [0.717, 1.165) is 19.2 Å². The van der Waals surface area contributed by atoms with Gasteiger partial charge in [0, 0.05) is 44.0 Å². The highest BCUT2D eigenvalue weighted by Crippen LogP contribution is 2.47. The lowest BCUT2D eigenvalue weighted by molar-refractivity contribution is -0.119. The summed E-state index contributed by atoms with van der Waals surface area (Å²) in [5.41, 5.74) is 0.449. The zero-order valence-corrected chi connectivity index (χ0v) is 9.99. The predicted octanol–water partition coefficient (Wildman–Crippen LogP) is 1.54. The van der Waals surface area contributed by atoms with Gasteiger partial charge in [0.1, 0.15) is 11.6 Å². The van der Waals surface area contributed by atoms with E-state index in [1.54, 1.807) is 0 Å². The average molecular weight is 252 g/mol. The van der Waals surface area contributed by atoms with E-state index in [2.05, 4.69) is 5.32 Å². The van der Waals surface area contributed by atoms with E-state index < -0.39 is 11.6 Å². The fraction of sp³-hybridized carbons (Fsp3) is 0.462. The van der Waals surface area contributed by atoms with Crippen LogP contribution in [0.5, 0.6) is 0 Å². The maximum atomic E-state index is 13.6.